The molecule has 0 heterocycles. The van der Waals surface area contributed by atoms with E-state index < -0.39 is 0 Å². The molecule has 0 fully saturated rings. The van der Waals surface area contributed by atoms with Gasteiger partial charge in [-0.3, -0.25) is 0 Å². The van der Waals surface area contributed by atoms with Gasteiger partial charge in [0.15, 0.2) is 17.5 Å². The van der Waals surface area contributed by atoms with Gasteiger partial charge in [-0.2, -0.15) is 0 Å². The normalized spacial score (nSPS) is 12.5. The van der Waals surface area contributed by atoms with E-state index in [-0.39, 0.29) is 35.8 Å². The molecule has 1 unspecified atom stereocenters. The Bertz CT molecular complexity index is 539. The number of aliphatic imine (C=N–C) groups is 1. The number of hydrogen-bond acceptors (Lipinski definition) is 4. The Morgan fingerprint density at radius 3 is 2.54 bits per heavy atom. The lowest BCUT2D eigenvalue weighted by Crippen LogP contribution is -2.39. The lowest BCUT2D eigenvalue weighted by molar-refractivity contribution is 0.0258. The van der Waals surface area contributed by atoms with E-state index in [4.69, 9.17) is 9.47 Å². The number of aromatic hydroxyl groups is 1. The molecule has 0 spiro atoms. The fourth-order valence-electron chi connectivity index (χ4n) is 2.52. The molecule has 150 valence electrons. The molecule has 0 aromatic heterocycles. The summed E-state index contributed by atoms with van der Waals surface area (Å²) in [5, 5.41) is 16.7. The Kier molecular flexibility index (Phi) is 13.3. The van der Waals surface area contributed by atoms with Crippen molar-refractivity contribution in [3.63, 3.8) is 0 Å². The number of rotatable bonds is 10. The van der Waals surface area contributed by atoms with Crippen molar-refractivity contribution in [2.45, 2.75) is 46.8 Å². The lowest BCUT2D eigenvalue weighted by atomic mass is 10.0. The van der Waals surface area contributed by atoms with E-state index >= 15 is 0 Å². The van der Waals surface area contributed by atoms with Crippen molar-refractivity contribution >= 4 is 29.9 Å². The van der Waals surface area contributed by atoms with Gasteiger partial charge in [0.2, 0.25) is 0 Å². The average Bonchev–Trinajstić information content (AvgIpc) is 2.59. The number of nitrogens with one attached hydrogen (secondary N) is 2. The Hall–Kier alpha value is -1.22. The van der Waals surface area contributed by atoms with E-state index in [9.17, 15) is 5.11 Å². The van der Waals surface area contributed by atoms with E-state index in [1.165, 1.54) is 7.11 Å². The number of hydrogen-bond donors (Lipinski definition) is 3. The predicted octanol–water partition coefficient (Wildman–Crippen LogP) is 3.53. The maximum atomic E-state index is 10.1. The number of para-hydroxylation sites is 1. The monoisotopic (exact) mass is 479 g/mol. The minimum atomic E-state index is 0. The first kappa shape index (κ1) is 24.8. The van der Waals surface area contributed by atoms with Crippen molar-refractivity contribution in [2.75, 3.05) is 26.8 Å². The summed E-state index contributed by atoms with van der Waals surface area (Å²) >= 11 is 0. The highest BCUT2D eigenvalue weighted by Crippen LogP contribution is 2.29. The van der Waals surface area contributed by atoms with Gasteiger partial charge in [0.25, 0.3) is 0 Å². The molecule has 7 heteroatoms. The van der Waals surface area contributed by atoms with Crippen LogP contribution in [0.2, 0.25) is 0 Å². The van der Waals surface area contributed by atoms with Crippen molar-refractivity contribution in [1.29, 1.82) is 0 Å². The summed E-state index contributed by atoms with van der Waals surface area (Å²) in [6.07, 6.45) is 1.16. The fraction of sp³-hybridized carbons (Fsp3) is 0.632. The zero-order valence-electron chi connectivity index (χ0n) is 16.5. The molecule has 26 heavy (non-hydrogen) atoms. The molecule has 0 saturated carbocycles. The molecule has 0 bridgehead atoms. The summed E-state index contributed by atoms with van der Waals surface area (Å²) in [6, 6.07) is 5.42. The predicted molar refractivity (Wildman–Crippen MR) is 118 cm³/mol. The Balaban J connectivity index is 0.00000625. The molecule has 1 aromatic carbocycles. The number of halogens is 1. The van der Waals surface area contributed by atoms with Crippen LogP contribution >= 0.6 is 24.0 Å². The van der Waals surface area contributed by atoms with E-state index in [0.29, 0.717) is 18.2 Å². The summed E-state index contributed by atoms with van der Waals surface area (Å²) in [5.41, 5.74) is 0.728. The Morgan fingerprint density at radius 1 is 1.23 bits per heavy atom. The third-order valence-electron chi connectivity index (χ3n) is 3.90. The van der Waals surface area contributed by atoms with Crippen molar-refractivity contribution in [2.24, 2.45) is 10.9 Å². The first-order valence-corrected chi connectivity index (χ1v) is 9.02. The SMILES string of the molecule is CCNC(=NCc1cccc(OC)c1O)NCCC(OCC)C(C)C.I. The second-order valence-corrected chi connectivity index (χ2v) is 6.12. The van der Waals surface area contributed by atoms with Crippen molar-refractivity contribution < 1.29 is 14.6 Å². The van der Waals surface area contributed by atoms with E-state index in [0.717, 1.165) is 37.6 Å². The zero-order valence-corrected chi connectivity index (χ0v) is 18.9. The second kappa shape index (κ2) is 13.9. The van der Waals surface area contributed by atoms with Crippen LogP contribution in [0.15, 0.2) is 23.2 Å². The van der Waals surface area contributed by atoms with Gasteiger partial charge < -0.3 is 25.2 Å². The highest BCUT2D eigenvalue weighted by molar-refractivity contribution is 14.0. The Labute approximate surface area is 174 Å². The van der Waals surface area contributed by atoms with E-state index in [1.54, 1.807) is 6.07 Å². The first-order chi connectivity index (χ1) is 12.0. The van der Waals surface area contributed by atoms with Gasteiger partial charge in [0.1, 0.15) is 0 Å². The van der Waals surface area contributed by atoms with Crippen LogP contribution in [-0.4, -0.2) is 44.0 Å². The summed E-state index contributed by atoms with van der Waals surface area (Å²) < 4.78 is 10.9. The molecule has 0 aliphatic carbocycles. The number of guanidine groups is 1. The molecular formula is C19H34IN3O3. The topological polar surface area (TPSA) is 75.1 Å². The van der Waals surface area contributed by atoms with Crippen LogP contribution in [0.3, 0.4) is 0 Å². The third-order valence-corrected chi connectivity index (χ3v) is 3.90. The van der Waals surface area contributed by atoms with E-state index in [2.05, 4.69) is 29.5 Å². The number of methoxy groups -OCH3 is 1. The average molecular weight is 479 g/mol. The Morgan fingerprint density at radius 2 is 1.96 bits per heavy atom. The van der Waals surface area contributed by atoms with Crippen LogP contribution in [0.1, 0.15) is 39.7 Å². The maximum Gasteiger partial charge on any atom is 0.191 e. The highest BCUT2D eigenvalue weighted by Gasteiger charge is 2.13. The number of phenolic OH excluding ortho intramolecular Hbond substituents is 1. The number of ether oxygens (including phenoxy) is 2. The van der Waals surface area contributed by atoms with Gasteiger partial charge >= 0.3 is 0 Å². The van der Waals surface area contributed by atoms with Crippen LogP contribution in [0.4, 0.5) is 0 Å². The van der Waals surface area contributed by atoms with Crippen LogP contribution in [0, 0.1) is 5.92 Å². The van der Waals surface area contributed by atoms with Gasteiger partial charge in [-0.05, 0) is 32.3 Å². The van der Waals surface area contributed by atoms with Crippen LogP contribution in [-0.2, 0) is 11.3 Å². The lowest BCUT2D eigenvalue weighted by Gasteiger charge is -2.21. The number of phenols is 1. The van der Waals surface area contributed by atoms with E-state index in [1.807, 2.05) is 26.0 Å². The summed E-state index contributed by atoms with van der Waals surface area (Å²) in [6.45, 7) is 11.0. The fourth-order valence-corrected chi connectivity index (χ4v) is 2.52. The summed E-state index contributed by atoms with van der Waals surface area (Å²) in [5.74, 6) is 1.81. The third kappa shape index (κ3) is 8.44. The molecular weight excluding hydrogens is 445 g/mol. The molecule has 0 saturated heterocycles. The summed E-state index contributed by atoms with van der Waals surface area (Å²) in [7, 11) is 1.54. The molecule has 6 nitrogen and oxygen atoms in total. The van der Waals surface area contributed by atoms with Crippen LogP contribution in [0.25, 0.3) is 0 Å². The molecule has 0 aliphatic heterocycles. The standard InChI is InChI=1S/C19H33N3O3.HI/c1-6-20-19(21-12-11-16(14(3)4)25-7-2)22-13-15-9-8-10-17(24-5)18(15)23;/h8-10,14,16,23H,6-7,11-13H2,1-5H3,(H2,20,21,22);1H. The van der Waals surface area contributed by atoms with Gasteiger partial charge in [-0.25, -0.2) is 4.99 Å². The van der Waals surface area contributed by atoms with Crippen LogP contribution in [0.5, 0.6) is 11.5 Å². The van der Waals surface area contributed by atoms with Gasteiger partial charge in [0.05, 0.1) is 19.8 Å². The number of nitrogens with zero attached hydrogens (tertiary/aromatic N) is 1. The highest BCUT2D eigenvalue weighted by atomic mass is 127. The van der Waals surface area contributed by atoms with Crippen molar-refractivity contribution in [1.82, 2.24) is 10.6 Å². The molecule has 1 atom stereocenters. The maximum absolute atomic E-state index is 10.1. The number of benzene rings is 1. The smallest absolute Gasteiger partial charge is 0.191 e. The van der Waals surface area contributed by atoms with Gasteiger partial charge in [-0.1, -0.05) is 26.0 Å². The minimum Gasteiger partial charge on any atom is -0.504 e. The second-order valence-electron chi connectivity index (χ2n) is 6.12. The van der Waals surface area contributed by atoms with Gasteiger partial charge in [-0.15, -0.1) is 24.0 Å². The quantitative estimate of drug-likeness (QED) is 0.272. The van der Waals surface area contributed by atoms with Crippen molar-refractivity contribution in [3.05, 3.63) is 23.8 Å². The minimum absolute atomic E-state index is 0. The summed E-state index contributed by atoms with van der Waals surface area (Å²) in [4.78, 5) is 4.55. The molecule has 0 aliphatic rings. The van der Waals surface area contributed by atoms with Crippen LogP contribution < -0.4 is 15.4 Å². The molecule has 3 N–H and O–H groups in total. The van der Waals surface area contributed by atoms with Gasteiger partial charge in [0, 0.05) is 25.3 Å². The first-order valence-electron chi connectivity index (χ1n) is 9.02. The molecule has 1 rings (SSSR count). The molecule has 0 amide bonds. The molecule has 1 aromatic rings. The molecule has 0 radical (unpaired) electrons. The zero-order chi connectivity index (χ0) is 18.7. The van der Waals surface area contributed by atoms with Crippen molar-refractivity contribution in [3.8, 4) is 11.5 Å². The largest absolute Gasteiger partial charge is 0.504 e.